The summed E-state index contributed by atoms with van der Waals surface area (Å²) in [6, 6.07) is 13.9. The molecule has 0 bridgehead atoms. The van der Waals surface area contributed by atoms with Gasteiger partial charge in [0.05, 0.1) is 13.2 Å². The number of carbonyl (C=O) groups is 1. The van der Waals surface area contributed by atoms with E-state index in [1.165, 1.54) is 5.69 Å². The molecule has 2 aromatic rings. The lowest BCUT2D eigenvalue weighted by atomic mass is 10.2. The predicted octanol–water partition coefficient (Wildman–Crippen LogP) is 1.96. The maximum Gasteiger partial charge on any atom is 0.315 e. The van der Waals surface area contributed by atoms with Crippen molar-refractivity contribution >= 4 is 11.7 Å². The van der Waals surface area contributed by atoms with Gasteiger partial charge in [0.2, 0.25) is 0 Å². The Morgan fingerprint density at radius 2 is 1.88 bits per heavy atom. The van der Waals surface area contributed by atoms with Gasteiger partial charge in [0.1, 0.15) is 0 Å². The summed E-state index contributed by atoms with van der Waals surface area (Å²) < 4.78 is 5.37. The minimum atomic E-state index is -0.159. The van der Waals surface area contributed by atoms with Crippen molar-refractivity contribution < 1.29 is 9.53 Å². The fourth-order valence-electron chi connectivity index (χ4n) is 2.74. The number of hydrogen-bond donors (Lipinski definition) is 2. The molecule has 1 aromatic carbocycles. The first kappa shape index (κ1) is 17.2. The monoisotopic (exact) mass is 340 g/mol. The van der Waals surface area contributed by atoms with Crippen molar-refractivity contribution in [3.63, 3.8) is 0 Å². The minimum Gasteiger partial charge on any atom is -0.378 e. The van der Waals surface area contributed by atoms with Crippen LogP contribution in [0.4, 0.5) is 10.5 Å². The molecule has 25 heavy (non-hydrogen) atoms. The smallest absolute Gasteiger partial charge is 0.315 e. The number of hydrogen-bond acceptors (Lipinski definition) is 4. The Morgan fingerprint density at radius 1 is 1.08 bits per heavy atom. The number of carbonyl (C=O) groups excluding carboxylic acids is 1. The normalized spacial score (nSPS) is 14.2. The van der Waals surface area contributed by atoms with E-state index in [9.17, 15) is 4.79 Å². The van der Waals surface area contributed by atoms with Crippen LogP contribution in [0.1, 0.15) is 11.3 Å². The van der Waals surface area contributed by atoms with Crippen LogP contribution in [0, 0.1) is 0 Å². The second-order valence-corrected chi connectivity index (χ2v) is 5.95. The molecule has 0 spiro atoms. The highest BCUT2D eigenvalue weighted by molar-refractivity contribution is 5.73. The second-order valence-electron chi connectivity index (χ2n) is 5.95. The number of aromatic nitrogens is 1. The maximum atomic E-state index is 11.9. The third-order valence-electron chi connectivity index (χ3n) is 4.16. The van der Waals surface area contributed by atoms with E-state index in [4.69, 9.17) is 4.74 Å². The number of anilines is 1. The molecule has 1 fully saturated rings. The lowest BCUT2D eigenvalue weighted by Crippen LogP contribution is -2.36. The topological polar surface area (TPSA) is 66.5 Å². The molecule has 2 heterocycles. The Hall–Kier alpha value is -2.60. The fraction of sp³-hybridized carbons (Fsp3) is 0.368. The Morgan fingerprint density at radius 3 is 2.60 bits per heavy atom. The van der Waals surface area contributed by atoms with Gasteiger partial charge in [-0.25, -0.2) is 4.79 Å². The fourth-order valence-corrected chi connectivity index (χ4v) is 2.74. The summed E-state index contributed by atoms with van der Waals surface area (Å²) in [6.45, 7) is 4.49. The summed E-state index contributed by atoms with van der Waals surface area (Å²) in [5.41, 5.74) is 3.25. The van der Waals surface area contributed by atoms with Gasteiger partial charge in [0.25, 0.3) is 0 Å². The number of amides is 2. The highest BCUT2D eigenvalue weighted by Gasteiger charge is 2.10. The van der Waals surface area contributed by atoms with Crippen molar-refractivity contribution in [1.29, 1.82) is 0 Å². The van der Waals surface area contributed by atoms with Gasteiger partial charge in [-0.2, -0.15) is 0 Å². The largest absolute Gasteiger partial charge is 0.378 e. The van der Waals surface area contributed by atoms with E-state index in [-0.39, 0.29) is 6.03 Å². The van der Waals surface area contributed by atoms with Crippen molar-refractivity contribution in [2.75, 3.05) is 37.7 Å². The molecule has 1 aliphatic rings. The van der Waals surface area contributed by atoms with Crippen LogP contribution < -0.4 is 15.5 Å². The quantitative estimate of drug-likeness (QED) is 0.844. The summed E-state index contributed by atoms with van der Waals surface area (Å²) >= 11 is 0. The molecule has 0 aliphatic carbocycles. The molecule has 2 N–H and O–H groups in total. The molecule has 2 amide bonds. The SMILES string of the molecule is O=C(NCCc1ccccn1)NCc1ccc(N2CCOCC2)cc1. The van der Waals surface area contributed by atoms with Gasteiger partial charge < -0.3 is 20.3 Å². The van der Waals surface area contributed by atoms with Crippen LogP contribution in [0.15, 0.2) is 48.7 Å². The molecule has 6 heteroatoms. The minimum absolute atomic E-state index is 0.159. The number of pyridine rings is 1. The van der Waals surface area contributed by atoms with Crippen molar-refractivity contribution in [3.05, 3.63) is 59.9 Å². The van der Waals surface area contributed by atoms with Crippen LogP contribution in [0.3, 0.4) is 0 Å². The maximum absolute atomic E-state index is 11.9. The summed E-state index contributed by atoms with van der Waals surface area (Å²) in [4.78, 5) is 18.4. The molecule has 0 atom stereocenters. The number of urea groups is 1. The van der Waals surface area contributed by atoms with E-state index in [1.807, 2.05) is 18.2 Å². The van der Waals surface area contributed by atoms with Crippen molar-refractivity contribution in [2.45, 2.75) is 13.0 Å². The lowest BCUT2D eigenvalue weighted by molar-refractivity contribution is 0.122. The van der Waals surface area contributed by atoms with Crippen molar-refractivity contribution in [2.24, 2.45) is 0 Å². The van der Waals surface area contributed by atoms with Gasteiger partial charge in [-0.15, -0.1) is 0 Å². The molecule has 3 rings (SSSR count). The van der Waals surface area contributed by atoms with Crippen LogP contribution in [-0.2, 0) is 17.7 Å². The third-order valence-corrected chi connectivity index (χ3v) is 4.16. The highest BCUT2D eigenvalue weighted by atomic mass is 16.5. The molecule has 1 aliphatic heterocycles. The molecule has 1 saturated heterocycles. The molecule has 0 unspecified atom stereocenters. The molecule has 0 saturated carbocycles. The zero-order valence-corrected chi connectivity index (χ0v) is 14.3. The molecular weight excluding hydrogens is 316 g/mol. The van der Waals surface area contributed by atoms with E-state index in [2.05, 4.69) is 44.8 Å². The standard InChI is InChI=1S/C19H24N4O2/c24-19(21-10-8-17-3-1-2-9-20-17)22-15-16-4-6-18(7-5-16)23-11-13-25-14-12-23/h1-7,9H,8,10-15H2,(H2,21,22,24). The number of rotatable bonds is 6. The number of morpholine rings is 1. The van der Waals surface area contributed by atoms with Crippen LogP contribution in [0.5, 0.6) is 0 Å². The molecule has 0 radical (unpaired) electrons. The van der Waals surface area contributed by atoms with Gasteiger partial charge >= 0.3 is 6.03 Å². The number of ether oxygens (including phenoxy) is 1. The zero-order valence-electron chi connectivity index (χ0n) is 14.3. The molecule has 1 aromatic heterocycles. The molecular formula is C19H24N4O2. The zero-order chi connectivity index (χ0) is 17.3. The van der Waals surface area contributed by atoms with E-state index in [1.54, 1.807) is 6.20 Å². The summed E-state index contributed by atoms with van der Waals surface area (Å²) in [7, 11) is 0. The highest BCUT2D eigenvalue weighted by Crippen LogP contribution is 2.16. The first-order chi connectivity index (χ1) is 12.3. The van der Waals surface area contributed by atoms with Crippen molar-refractivity contribution in [3.8, 4) is 0 Å². The summed E-state index contributed by atoms with van der Waals surface area (Å²) in [6.07, 6.45) is 2.48. The molecule has 132 valence electrons. The summed E-state index contributed by atoms with van der Waals surface area (Å²) in [5, 5.41) is 5.73. The van der Waals surface area contributed by atoms with Crippen LogP contribution in [-0.4, -0.2) is 43.9 Å². The average molecular weight is 340 g/mol. The van der Waals surface area contributed by atoms with E-state index < -0.39 is 0 Å². The number of nitrogens with one attached hydrogen (secondary N) is 2. The number of nitrogens with zero attached hydrogens (tertiary/aromatic N) is 2. The Balaban J connectivity index is 1.38. The van der Waals surface area contributed by atoms with E-state index >= 15 is 0 Å². The van der Waals surface area contributed by atoms with Gasteiger partial charge in [-0.3, -0.25) is 4.98 Å². The Labute approximate surface area is 148 Å². The van der Waals surface area contributed by atoms with Crippen molar-refractivity contribution in [1.82, 2.24) is 15.6 Å². The van der Waals surface area contributed by atoms with Crippen LogP contribution >= 0.6 is 0 Å². The Bertz CT molecular complexity index is 655. The average Bonchev–Trinajstić information content (AvgIpc) is 2.68. The first-order valence-electron chi connectivity index (χ1n) is 8.64. The Kier molecular flexibility index (Phi) is 6.23. The predicted molar refractivity (Wildman–Crippen MR) is 97.7 cm³/mol. The van der Waals surface area contributed by atoms with Gasteiger partial charge in [-0.05, 0) is 29.8 Å². The number of benzene rings is 1. The van der Waals surface area contributed by atoms with Gasteiger partial charge in [0, 0.05) is 50.2 Å². The van der Waals surface area contributed by atoms with E-state index in [0.29, 0.717) is 13.1 Å². The molecule has 6 nitrogen and oxygen atoms in total. The third kappa shape index (κ3) is 5.46. The van der Waals surface area contributed by atoms with Crippen LogP contribution in [0.25, 0.3) is 0 Å². The van der Waals surface area contributed by atoms with E-state index in [0.717, 1.165) is 44.0 Å². The lowest BCUT2D eigenvalue weighted by Gasteiger charge is -2.28. The van der Waals surface area contributed by atoms with Crippen LogP contribution in [0.2, 0.25) is 0 Å². The summed E-state index contributed by atoms with van der Waals surface area (Å²) in [5.74, 6) is 0. The first-order valence-corrected chi connectivity index (χ1v) is 8.64. The second kappa shape index (κ2) is 9.03. The van der Waals surface area contributed by atoms with Gasteiger partial charge in [0.15, 0.2) is 0 Å². The van der Waals surface area contributed by atoms with Gasteiger partial charge in [-0.1, -0.05) is 18.2 Å².